The van der Waals surface area contributed by atoms with Gasteiger partial charge in [-0.15, -0.1) is 0 Å². The number of benzene rings is 1. The Morgan fingerprint density at radius 2 is 1.94 bits per heavy atom. The molecule has 0 amide bonds. The molecular weight excluding hydrogens is 306 g/mol. The molecule has 0 atom stereocenters. The van der Waals surface area contributed by atoms with Gasteiger partial charge in [-0.1, -0.05) is 0 Å². The number of hydrogen-bond donors (Lipinski definition) is 2. The van der Waals surface area contributed by atoms with Crippen LogP contribution in [-0.4, -0.2) is 25.8 Å². The van der Waals surface area contributed by atoms with Gasteiger partial charge in [-0.3, -0.25) is 4.72 Å². The Balaban J connectivity index is 2.17. The molecule has 1 aliphatic rings. The fourth-order valence-corrected chi connectivity index (χ4v) is 3.40. The van der Waals surface area contributed by atoms with E-state index in [9.17, 15) is 8.42 Å². The number of hydrogen-bond acceptors (Lipinski definition) is 3. The van der Waals surface area contributed by atoms with E-state index in [2.05, 4.69) is 20.7 Å². The molecular formula is C10H14BrN3O2S. The van der Waals surface area contributed by atoms with Crippen LogP contribution in [-0.2, 0) is 10.2 Å². The summed E-state index contributed by atoms with van der Waals surface area (Å²) < 4.78 is 28.6. The molecule has 3 N–H and O–H groups in total. The van der Waals surface area contributed by atoms with Gasteiger partial charge in [-0.2, -0.15) is 12.7 Å². The molecule has 0 spiro atoms. The smallest absolute Gasteiger partial charge is 0.301 e. The number of nitrogens with zero attached hydrogens (tertiary/aromatic N) is 1. The molecule has 1 aromatic carbocycles. The first-order valence-electron chi connectivity index (χ1n) is 5.32. The van der Waals surface area contributed by atoms with Crippen molar-refractivity contribution in [3.8, 4) is 0 Å². The SMILES string of the molecule is Nc1ccc(NS(=O)(=O)N2CCCC2)cc1Br. The highest BCUT2D eigenvalue weighted by molar-refractivity contribution is 9.10. The average Bonchev–Trinajstić information content (AvgIpc) is 2.77. The summed E-state index contributed by atoms with van der Waals surface area (Å²) in [5.41, 5.74) is 6.73. The lowest BCUT2D eigenvalue weighted by atomic mass is 10.3. The van der Waals surface area contributed by atoms with Gasteiger partial charge >= 0.3 is 10.2 Å². The van der Waals surface area contributed by atoms with Crippen molar-refractivity contribution in [3.05, 3.63) is 22.7 Å². The third-order valence-electron chi connectivity index (χ3n) is 2.65. The van der Waals surface area contributed by atoms with Gasteiger partial charge in [0.15, 0.2) is 0 Å². The van der Waals surface area contributed by atoms with Gasteiger partial charge in [0.05, 0.1) is 5.69 Å². The van der Waals surface area contributed by atoms with E-state index in [0.29, 0.717) is 28.9 Å². The Kier molecular flexibility index (Phi) is 3.60. The molecule has 17 heavy (non-hydrogen) atoms. The number of nitrogen functional groups attached to an aromatic ring is 1. The second-order valence-electron chi connectivity index (χ2n) is 3.95. The summed E-state index contributed by atoms with van der Waals surface area (Å²) in [6, 6.07) is 4.96. The first-order valence-corrected chi connectivity index (χ1v) is 7.55. The monoisotopic (exact) mass is 319 g/mol. The first-order chi connectivity index (χ1) is 7.99. The minimum Gasteiger partial charge on any atom is -0.398 e. The third kappa shape index (κ3) is 2.91. The van der Waals surface area contributed by atoms with Crippen LogP contribution in [0.4, 0.5) is 11.4 Å². The lowest BCUT2D eigenvalue weighted by molar-refractivity contribution is 0.482. The number of nitrogens with one attached hydrogen (secondary N) is 1. The van der Waals surface area contributed by atoms with E-state index in [4.69, 9.17) is 5.73 Å². The molecule has 0 aliphatic carbocycles. The highest BCUT2D eigenvalue weighted by Crippen LogP contribution is 2.24. The number of anilines is 2. The summed E-state index contributed by atoms with van der Waals surface area (Å²) in [6.07, 6.45) is 1.85. The van der Waals surface area contributed by atoms with Crippen LogP contribution in [0.1, 0.15) is 12.8 Å². The van der Waals surface area contributed by atoms with Crippen LogP contribution in [0.2, 0.25) is 0 Å². The first kappa shape index (κ1) is 12.7. The van der Waals surface area contributed by atoms with E-state index in [1.165, 1.54) is 4.31 Å². The summed E-state index contributed by atoms with van der Waals surface area (Å²) in [7, 11) is -3.42. The summed E-state index contributed by atoms with van der Waals surface area (Å²) in [5, 5.41) is 0. The van der Waals surface area contributed by atoms with Gasteiger partial charge in [0.1, 0.15) is 0 Å². The highest BCUT2D eigenvalue weighted by Gasteiger charge is 2.25. The topological polar surface area (TPSA) is 75.4 Å². The molecule has 0 radical (unpaired) electrons. The Labute approximate surface area is 109 Å². The quantitative estimate of drug-likeness (QED) is 0.834. The molecule has 1 aliphatic heterocycles. The van der Waals surface area contributed by atoms with Gasteiger partial charge in [0.2, 0.25) is 0 Å². The predicted octanol–water partition coefficient (Wildman–Crippen LogP) is 1.78. The van der Waals surface area contributed by atoms with Crippen LogP contribution in [0.25, 0.3) is 0 Å². The van der Waals surface area contributed by atoms with E-state index in [0.717, 1.165) is 12.8 Å². The van der Waals surface area contributed by atoms with E-state index in [-0.39, 0.29) is 0 Å². The molecule has 1 aromatic rings. The Hall–Kier alpha value is -0.790. The number of halogens is 1. The largest absolute Gasteiger partial charge is 0.398 e. The highest BCUT2D eigenvalue weighted by atomic mass is 79.9. The molecule has 0 saturated carbocycles. The summed E-state index contributed by atoms with van der Waals surface area (Å²) >= 11 is 3.26. The minimum absolute atomic E-state index is 0.512. The number of nitrogens with two attached hydrogens (primary N) is 1. The Morgan fingerprint density at radius 3 is 2.53 bits per heavy atom. The van der Waals surface area contributed by atoms with Crippen LogP contribution in [0, 0.1) is 0 Å². The minimum atomic E-state index is -3.42. The average molecular weight is 320 g/mol. The molecule has 0 aromatic heterocycles. The molecule has 2 rings (SSSR count). The van der Waals surface area contributed by atoms with Crippen molar-refractivity contribution >= 4 is 37.5 Å². The second-order valence-corrected chi connectivity index (χ2v) is 6.47. The van der Waals surface area contributed by atoms with Crippen molar-refractivity contribution in [2.45, 2.75) is 12.8 Å². The summed E-state index contributed by atoms with van der Waals surface area (Å²) in [5.74, 6) is 0. The van der Waals surface area contributed by atoms with Crippen LogP contribution in [0.5, 0.6) is 0 Å². The van der Waals surface area contributed by atoms with E-state index in [1.807, 2.05) is 0 Å². The maximum absolute atomic E-state index is 12.0. The van der Waals surface area contributed by atoms with Crippen molar-refractivity contribution in [2.24, 2.45) is 0 Å². The molecule has 7 heteroatoms. The molecule has 5 nitrogen and oxygen atoms in total. The maximum Gasteiger partial charge on any atom is 0.301 e. The molecule has 1 heterocycles. The molecule has 0 unspecified atom stereocenters. The summed E-state index contributed by atoms with van der Waals surface area (Å²) in [4.78, 5) is 0. The standard InChI is InChI=1S/C10H14BrN3O2S/c11-9-7-8(3-4-10(9)12)13-17(15,16)14-5-1-2-6-14/h3-4,7,13H,1-2,5-6,12H2. The Bertz CT molecular complexity index is 512. The lowest BCUT2D eigenvalue weighted by Crippen LogP contribution is -2.33. The fourth-order valence-electron chi connectivity index (χ4n) is 1.73. The Morgan fingerprint density at radius 1 is 1.29 bits per heavy atom. The van der Waals surface area contributed by atoms with Gasteiger partial charge in [-0.25, -0.2) is 0 Å². The van der Waals surface area contributed by atoms with E-state index < -0.39 is 10.2 Å². The lowest BCUT2D eigenvalue weighted by Gasteiger charge is -2.17. The van der Waals surface area contributed by atoms with E-state index in [1.54, 1.807) is 18.2 Å². The molecule has 1 fully saturated rings. The zero-order valence-corrected chi connectivity index (χ0v) is 11.6. The van der Waals surface area contributed by atoms with Gasteiger partial charge in [-0.05, 0) is 47.0 Å². The fraction of sp³-hybridized carbons (Fsp3) is 0.400. The molecule has 1 saturated heterocycles. The van der Waals surface area contributed by atoms with Crippen molar-refractivity contribution in [3.63, 3.8) is 0 Å². The number of rotatable bonds is 3. The second kappa shape index (κ2) is 4.83. The molecule has 94 valence electrons. The maximum atomic E-state index is 12.0. The molecule has 0 bridgehead atoms. The van der Waals surface area contributed by atoms with Gasteiger partial charge in [0, 0.05) is 23.2 Å². The zero-order valence-electron chi connectivity index (χ0n) is 9.19. The predicted molar refractivity (Wildman–Crippen MR) is 71.9 cm³/mol. The van der Waals surface area contributed by atoms with Crippen LogP contribution >= 0.6 is 15.9 Å². The van der Waals surface area contributed by atoms with Gasteiger partial charge in [0.25, 0.3) is 0 Å². The summed E-state index contributed by atoms with van der Waals surface area (Å²) in [6.45, 7) is 1.18. The normalized spacial score (nSPS) is 17.2. The van der Waals surface area contributed by atoms with Crippen molar-refractivity contribution in [2.75, 3.05) is 23.5 Å². The van der Waals surface area contributed by atoms with Crippen molar-refractivity contribution in [1.82, 2.24) is 4.31 Å². The van der Waals surface area contributed by atoms with Crippen molar-refractivity contribution < 1.29 is 8.42 Å². The van der Waals surface area contributed by atoms with E-state index >= 15 is 0 Å². The van der Waals surface area contributed by atoms with Crippen molar-refractivity contribution in [1.29, 1.82) is 0 Å². The van der Waals surface area contributed by atoms with Crippen LogP contribution in [0.15, 0.2) is 22.7 Å². The van der Waals surface area contributed by atoms with Crippen LogP contribution in [0.3, 0.4) is 0 Å². The zero-order chi connectivity index (χ0) is 12.5. The third-order valence-corrected chi connectivity index (χ3v) is 4.88. The van der Waals surface area contributed by atoms with Gasteiger partial charge < -0.3 is 5.73 Å². The van der Waals surface area contributed by atoms with Crippen LogP contribution < -0.4 is 10.5 Å².